The number of ether oxygens (including phenoxy) is 4. The SMILES string of the molecule is COCOCC1=C[C@H]2[C@H](O)[C@@H](C)CC[C@@H]2[C@@](C)(C(=O)OCOCC[Si](C)(C)C)[C@H]1/C=C/I. The third kappa shape index (κ3) is 6.88. The van der Waals surface area contributed by atoms with E-state index >= 15 is 0 Å². The average Bonchev–Trinajstić information content (AvgIpc) is 2.72. The predicted molar refractivity (Wildman–Crippen MR) is 137 cm³/mol. The minimum atomic E-state index is -1.20. The van der Waals surface area contributed by atoms with E-state index in [0.717, 1.165) is 24.5 Å². The molecule has 0 unspecified atom stereocenters. The highest BCUT2D eigenvalue weighted by atomic mass is 127. The van der Waals surface area contributed by atoms with Gasteiger partial charge in [-0.15, -0.1) is 0 Å². The molecule has 1 fully saturated rings. The Kier molecular flexibility index (Phi) is 10.9. The Bertz CT molecular complexity index is 676. The normalized spacial score (nSPS) is 33.1. The summed E-state index contributed by atoms with van der Waals surface area (Å²) in [4.78, 5) is 13.6. The van der Waals surface area contributed by atoms with Crippen molar-refractivity contribution in [1.82, 2.24) is 0 Å². The fourth-order valence-electron chi connectivity index (χ4n) is 5.05. The minimum Gasteiger partial charge on any atom is -0.438 e. The molecule has 0 aromatic rings. The second kappa shape index (κ2) is 12.4. The minimum absolute atomic E-state index is 0.00745. The van der Waals surface area contributed by atoms with E-state index in [1.165, 1.54) is 0 Å². The molecule has 0 aromatic carbocycles. The summed E-state index contributed by atoms with van der Waals surface area (Å²) in [6.07, 6.45) is 5.47. The van der Waals surface area contributed by atoms with Crippen LogP contribution in [0.4, 0.5) is 0 Å². The first-order chi connectivity index (χ1) is 15.1. The number of halogens is 1. The van der Waals surface area contributed by atoms with Crippen LogP contribution in [0.1, 0.15) is 26.7 Å². The van der Waals surface area contributed by atoms with E-state index < -0.39 is 19.6 Å². The van der Waals surface area contributed by atoms with E-state index in [1.54, 1.807) is 7.11 Å². The molecule has 0 heterocycles. The molecule has 0 bridgehead atoms. The molecule has 184 valence electrons. The standard InChI is InChI=1S/C24H41IO6Si/c1-17-7-8-21-19(22(17)26)13-18(14-30-15-28-3)20(9-10-25)24(21,2)23(27)31-16-29-11-12-32(4,5)6/h9-10,13,17,19-22,26H,7-8,11-12,14-16H2,1-6H3/b10-9+/t17-,19+,20-,21-,22+,24-/m0/s1. The van der Waals surface area contributed by atoms with Crippen molar-refractivity contribution in [3.05, 3.63) is 21.8 Å². The van der Waals surface area contributed by atoms with Crippen molar-refractivity contribution in [3.63, 3.8) is 0 Å². The van der Waals surface area contributed by atoms with E-state index in [1.807, 2.05) is 11.0 Å². The van der Waals surface area contributed by atoms with Crippen molar-refractivity contribution in [2.24, 2.45) is 29.1 Å². The average molecular weight is 581 g/mol. The smallest absolute Gasteiger partial charge is 0.315 e. The number of fused-ring (bicyclic) bond motifs is 1. The number of aliphatic hydroxyl groups excluding tert-OH is 1. The molecule has 0 amide bonds. The summed E-state index contributed by atoms with van der Waals surface area (Å²) in [7, 11) is 0.386. The van der Waals surface area contributed by atoms with Crippen molar-refractivity contribution in [2.75, 3.05) is 33.9 Å². The Morgan fingerprint density at radius 3 is 2.62 bits per heavy atom. The van der Waals surface area contributed by atoms with Crippen LogP contribution in [0.15, 0.2) is 21.8 Å². The third-order valence-corrected chi connectivity index (χ3v) is 9.16. The molecule has 32 heavy (non-hydrogen) atoms. The Balaban J connectivity index is 2.26. The molecule has 8 heteroatoms. The first-order valence-electron chi connectivity index (χ1n) is 11.5. The molecule has 1 saturated carbocycles. The lowest BCUT2D eigenvalue weighted by molar-refractivity contribution is -0.179. The van der Waals surface area contributed by atoms with Gasteiger partial charge in [-0.25, -0.2) is 0 Å². The van der Waals surface area contributed by atoms with E-state index in [9.17, 15) is 9.90 Å². The van der Waals surface area contributed by atoms with Crippen LogP contribution < -0.4 is 0 Å². The molecule has 0 radical (unpaired) electrons. The number of hydrogen-bond donors (Lipinski definition) is 1. The number of hydrogen-bond acceptors (Lipinski definition) is 6. The maximum absolute atomic E-state index is 13.6. The Hall–Kier alpha value is -0.263. The maximum atomic E-state index is 13.6. The number of esters is 1. The van der Waals surface area contributed by atoms with Gasteiger partial charge in [-0.3, -0.25) is 4.79 Å². The monoisotopic (exact) mass is 580 g/mol. The fourth-order valence-corrected chi connectivity index (χ4v) is 6.22. The zero-order valence-electron chi connectivity index (χ0n) is 20.4. The van der Waals surface area contributed by atoms with Gasteiger partial charge in [0.2, 0.25) is 0 Å². The lowest BCUT2D eigenvalue weighted by Crippen LogP contribution is -2.54. The highest BCUT2D eigenvalue weighted by Gasteiger charge is 2.56. The molecule has 2 aliphatic rings. The number of methoxy groups -OCH3 is 1. The lowest BCUT2D eigenvalue weighted by atomic mass is 9.52. The van der Waals surface area contributed by atoms with Gasteiger partial charge in [-0.05, 0) is 47.3 Å². The molecule has 0 saturated heterocycles. The number of carbonyl (C=O) groups is 1. The molecule has 2 rings (SSSR count). The second-order valence-corrected chi connectivity index (χ2v) is 16.9. The summed E-state index contributed by atoms with van der Waals surface area (Å²) in [5.74, 6) is -0.363. The second-order valence-electron chi connectivity index (χ2n) is 10.6. The molecule has 0 aromatic heterocycles. The number of rotatable bonds is 11. The van der Waals surface area contributed by atoms with Crippen LogP contribution in [-0.2, 0) is 23.7 Å². The highest BCUT2D eigenvalue weighted by Crippen LogP contribution is 2.55. The summed E-state index contributed by atoms with van der Waals surface area (Å²) >= 11 is 2.19. The molecular weight excluding hydrogens is 539 g/mol. The lowest BCUT2D eigenvalue weighted by Gasteiger charge is -2.52. The zero-order valence-corrected chi connectivity index (χ0v) is 23.6. The van der Waals surface area contributed by atoms with Crippen LogP contribution in [0.3, 0.4) is 0 Å². The summed E-state index contributed by atoms with van der Waals surface area (Å²) in [6, 6.07) is 1.03. The fraction of sp³-hybridized carbons (Fsp3) is 0.792. The number of allylic oxidation sites excluding steroid dienone is 1. The maximum Gasteiger partial charge on any atom is 0.315 e. The van der Waals surface area contributed by atoms with Gasteiger partial charge in [0, 0.05) is 33.6 Å². The molecule has 0 spiro atoms. The largest absolute Gasteiger partial charge is 0.438 e. The first kappa shape index (κ1) is 28.0. The van der Waals surface area contributed by atoms with Crippen molar-refractivity contribution in [1.29, 1.82) is 0 Å². The van der Waals surface area contributed by atoms with Crippen LogP contribution in [0.25, 0.3) is 0 Å². The molecule has 6 nitrogen and oxygen atoms in total. The topological polar surface area (TPSA) is 74.2 Å². The Morgan fingerprint density at radius 2 is 2.00 bits per heavy atom. The molecule has 2 aliphatic carbocycles. The first-order valence-corrected chi connectivity index (χ1v) is 16.5. The van der Waals surface area contributed by atoms with Gasteiger partial charge in [0.1, 0.15) is 6.79 Å². The predicted octanol–water partition coefficient (Wildman–Crippen LogP) is 5.00. The quantitative estimate of drug-likeness (QED) is 0.0927. The van der Waals surface area contributed by atoms with Gasteiger partial charge in [0.05, 0.1) is 18.1 Å². The summed E-state index contributed by atoms with van der Waals surface area (Å²) in [6.45, 7) is 12.0. The van der Waals surface area contributed by atoms with Crippen LogP contribution in [0.5, 0.6) is 0 Å². The number of carbonyl (C=O) groups excluding carboxylic acids is 1. The Morgan fingerprint density at radius 1 is 1.28 bits per heavy atom. The van der Waals surface area contributed by atoms with Crippen LogP contribution in [0, 0.1) is 29.1 Å². The van der Waals surface area contributed by atoms with Crippen LogP contribution in [0.2, 0.25) is 25.7 Å². The van der Waals surface area contributed by atoms with Gasteiger partial charge >= 0.3 is 5.97 Å². The van der Waals surface area contributed by atoms with Crippen LogP contribution in [-0.4, -0.2) is 59.2 Å². The van der Waals surface area contributed by atoms with E-state index in [-0.39, 0.29) is 43.2 Å². The van der Waals surface area contributed by atoms with Crippen LogP contribution >= 0.6 is 22.6 Å². The molecule has 6 atom stereocenters. The van der Waals surface area contributed by atoms with E-state index in [0.29, 0.717) is 13.2 Å². The van der Waals surface area contributed by atoms with Gasteiger partial charge in [0.15, 0.2) is 6.79 Å². The van der Waals surface area contributed by atoms with Crippen molar-refractivity contribution in [3.8, 4) is 0 Å². The molecular formula is C24H41IO6Si. The van der Waals surface area contributed by atoms with Gasteiger partial charge in [0.25, 0.3) is 0 Å². The Labute approximate surface area is 208 Å². The van der Waals surface area contributed by atoms with Gasteiger partial charge < -0.3 is 24.1 Å². The summed E-state index contributed by atoms with van der Waals surface area (Å²) in [5.41, 5.74) is 0.180. The zero-order chi connectivity index (χ0) is 23.9. The van der Waals surface area contributed by atoms with Gasteiger partial charge in [-0.2, -0.15) is 0 Å². The highest BCUT2D eigenvalue weighted by molar-refractivity contribution is 14.1. The summed E-state index contributed by atoms with van der Waals surface area (Å²) in [5, 5.41) is 11.0. The van der Waals surface area contributed by atoms with Crippen molar-refractivity contribution >= 4 is 36.6 Å². The van der Waals surface area contributed by atoms with Gasteiger partial charge in [-0.1, -0.05) is 61.3 Å². The van der Waals surface area contributed by atoms with Crippen molar-refractivity contribution in [2.45, 2.75) is 58.5 Å². The molecule has 0 aliphatic heterocycles. The van der Waals surface area contributed by atoms with E-state index in [2.05, 4.69) is 61.3 Å². The van der Waals surface area contributed by atoms with Crippen molar-refractivity contribution < 1.29 is 28.8 Å². The third-order valence-electron chi connectivity index (χ3n) is 7.04. The molecule has 1 N–H and O–H groups in total. The number of aliphatic hydroxyl groups is 1. The summed E-state index contributed by atoms with van der Waals surface area (Å²) < 4.78 is 24.0. The van der Waals surface area contributed by atoms with E-state index in [4.69, 9.17) is 18.9 Å².